The van der Waals surface area contributed by atoms with Gasteiger partial charge in [-0.15, -0.1) is 0 Å². The average Bonchev–Trinajstić information content (AvgIpc) is 2.43. The van der Waals surface area contributed by atoms with Gasteiger partial charge in [0.2, 0.25) is 0 Å². The zero-order valence-corrected chi connectivity index (χ0v) is 7.14. The Kier molecular flexibility index (Phi) is 0.879. The van der Waals surface area contributed by atoms with Gasteiger partial charge in [0.05, 0.1) is 0 Å². The standard InChI is InChI=1S/C9H16N2/c1-11-5-8-4-7(8)2-3-9(8,10)6-11/h7H,2-6,10H2,1H3/t7-,8-,9+/m0/s1. The number of hydrogen-bond donors (Lipinski definition) is 1. The molecule has 3 aliphatic rings. The molecule has 2 heteroatoms. The molecule has 0 aromatic heterocycles. The van der Waals surface area contributed by atoms with Crippen LogP contribution in [-0.2, 0) is 0 Å². The third-order valence-corrected chi connectivity index (χ3v) is 4.27. The Balaban J connectivity index is 2.01. The summed E-state index contributed by atoms with van der Waals surface area (Å²) in [5.74, 6) is 0.998. The third-order valence-electron chi connectivity index (χ3n) is 4.27. The molecular formula is C9H16N2. The van der Waals surface area contributed by atoms with E-state index in [0.29, 0.717) is 5.41 Å². The van der Waals surface area contributed by atoms with Crippen LogP contribution >= 0.6 is 0 Å². The van der Waals surface area contributed by atoms with Crippen LogP contribution in [0.1, 0.15) is 19.3 Å². The Morgan fingerprint density at radius 3 is 2.91 bits per heavy atom. The molecule has 1 heterocycles. The lowest BCUT2D eigenvalue weighted by molar-refractivity contribution is 0.339. The van der Waals surface area contributed by atoms with Crippen LogP contribution in [0, 0.1) is 11.3 Å². The predicted molar refractivity (Wildman–Crippen MR) is 44.2 cm³/mol. The van der Waals surface area contributed by atoms with Crippen LogP contribution in [0.5, 0.6) is 0 Å². The number of nitrogens with two attached hydrogens (primary N) is 1. The predicted octanol–water partition coefficient (Wildman–Crippen LogP) is 0.429. The number of rotatable bonds is 0. The van der Waals surface area contributed by atoms with Gasteiger partial charge >= 0.3 is 0 Å². The molecule has 3 fully saturated rings. The van der Waals surface area contributed by atoms with Crippen molar-refractivity contribution in [2.75, 3.05) is 20.1 Å². The van der Waals surface area contributed by atoms with Gasteiger partial charge in [0.25, 0.3) is 0 Å². The summed E-state index contributed by atoms with van der Waals surface area (Å²) in [6.07, 6.45) is 4.11. The highest BCUT2D eigenvalue weighted by molar-refractivity contribution is 5.26. The molecule has 3 rings (SSSR count). The lowest BCUT2D eigenvalue weighted by Gasteiger charge is -2.26. The lowest BCUT2D eigenvalue weighted by atomic mass is 9.86. The van der Waals surface area contributed by atoms with Crippen molar-refractivity contribution < 1.29 is 0 Å². The smallest absolute Gasteiger partial charge is 0.0355 e. The number of nitrogens with zero attached hydrogens (tertiary/aromatic N) is 1. The fraction of sp³-hybridized carbons (Fsp3) is 1.00. The van der Waals surface area contributed by atoms with E-state index in [9.17, 15) is 0 Å². The zero-order chi connectivity index (χ0) is 7.69. The van der Waals surface area contributed by atoms with Gasteiger partial charge < -0.3 is 10.6 Å². The molecule has 0 aromatic rings. The van der Waals surface area contributed by atoms with Crippen molar-refractivity contribution in [3.8, 4) is 0 Å². The zero-order valence-electron chi connectivity index (χ0n) is 7.14. The van der Waals surface area contributed by atoms with Crippen LogP contribution in [0.4, 0.5) is 0 Å². The van der Waals surface area contributed by atoms with Gasteiger partial charge in [0, 0.05) is 24.0 Å². The van der Waals surface area contributed by atoms with E-state index < -0.39 is 0 Å². The van der Waals surface area contributed by atoms with Gasteiger partial charge in [-0.2, -0.15) is 0 Å². The molecule has 2 nitrogen and oxygen atoms in total. The highest BCUT2D eigenvalue weighted by atomic mass is 15.2. The van der Waals surface area contributed by atoms with Crippen LogP contribution in [0.2, 0.25) is 0 Å². The fourth-order valence-corrected chi connectivity index (χ4v) is 3.66. The summed E-state index contributed by atoms with van der Waals surface area (Å²) >= 11 is 0. The van der Waals surface area contributed by atoms with Gasteiger partial charge in [-0.25, -0.2) is 0 Å². The van der Waals surface area contributed by atoms with Crippen LogP contribution in [-0.4, -0.2) is 30.6 Å². The largest absolute Gasteiger partial charge is 0.323 e. The Hall–Kier alpha value is -0.0800. The highest BCUT2D eigenvalue weighted by Gasteiger charge is 2.71. The lowest BCUT2D eigenvalue weighted by Crippen LogP contribution is -2.46. The van der Waals surface area contributed by atoms with Crippen LogP contribution < -0.4 is 5.73 Å². The minimum absolute atomic E-state index is 0.215. The topological polar surface area (TPSA) is 29.3 Å². The summed E-state index contributed by atoms with van der Waals surface area (Å²) in [6, 6.07) is 0. The first-order valence-corrected chi connectivity index (χ1v) is 4.64. The van der Waals surface area contributed by atoms with E-state index in [2.05, 4.69) is 11.9 Å². The van der Waals surface area contributed by atoms with E-state index in [4.69, 9.17) is 5.73 Å². The molecule has 0 aromatic carbocycles. The van der Waals surface area contributed by atoms with E-state index in [-0.39, 0.29) is 5.54 Å². The highest BCUT2D eigenvalue weighted by Crippen LogP contribution is 2.69. The molecule has 62 valence electrons. The van der Waals surface area contributed by atoms with Gasteiger partial charge in [0.15, 0.2) is 0 Å². The Bertz CT molecular complexity index is 210. The molecule has 3 atom stereocenters. The molecule has 0 bridgehead atoms. The molecule has 11 heavy (non-hydrogen) atoms. The van der Waals surface area contributed by atoms with Crippen molar-refractivity contribution in [3.05, 3.63) is 0 Å². The Morgan fingerprint density at radius 1 is 1.45 bits per heavy atom. The minimum Gasteiger partial charge on any atom is -0.323 e. The second-order valence-corrected chi connectivity index (χ2v) is 4.92. The van der Waals surface area contributed by atoms with Crippen LogP contribution in [0.25, 0.3) is 0 Å². The van der Waals surface area contributed by atoms with Crippen molar-refractivity contribution in [1.82, 2.24) is 4.90 Å². The fourth-order valence-electron chi connectivity index (χ4n) is 3.66. The van der Waals surface area contributed by atoms with E-state index in [0.717, 1.165) is 12.5 Å². The minimum atomic E-state index is 0.215. The van der Waals surface area contributed by atoms with Gasteiger partial charge in [0.1, 0.15) is 0 Å². The first-order chi connectivity index (χ1) is 5.16. The van der Waals surface area contributed by atoms with Crippen molar-refractivity contribution >= 4 is 0 Å². The number of hydrogen-bond acceptors (Lipinski definition) is 2. The summed E-state index contributed by atoms with van der Waals surface area (Å²) in [7, 11) is 2.21. The quantitative estimate of drug-likeness (QED) is 0.545. The van der Waals surface area contributed by atoms with Crippen LogP contribution in [0.3, 0.4) is 0 Å². The summed E-state index contributed by atoms with van der Waals surface area (Å²) in [4.78, 5) is 2.42. The molecule has 1 aliphatic heterocycles. The van der Waals surface area contributed by atoms with Gasteiger partial charge in [-0.1, -0.05) is 0 Å². The van der Waals surface area contributed by atoms with E-state index >= 15 is 0 Å². The SMILES string of the molecule is CN1C[C@]2(N)CC[C@H]3C[C@]32C1. The summed E-state index contributed by atoms with van der Waals surface area (Å²) in [6.45, 7) is 2.41. The molecular weight excluding hydrogens is 136 g/mol. The van der Waals surface area contributed by atoms with E-state index in [1.165, 1.54) is 25.8 Å². The van der Waals surface area contributed by atoms with Crippen LogP contribution in [0.15, 0.2) is 0 Å². The summed E-state index contributed by atoms with van der Waals surface area (Å²) < 4.78 is 0. The summed E-state index contributed by atoms with van der Waals surface area (Å²) in [5.41, 5.74) is 7.19. The van der Waals surface area contributed by atoms with Crippen molar-refractivity contribution in [1.29, 1.82) is 0 Å². The van der Waals surface area contributed by atoms with Crippen molar-refractivity contribution in [2.24, 2.45) is 17.1 Å². The maximum absolute atomic E-state index is 6.39. The molecule has 2 saturated carbocycles. The van der Waals surface area contributed by atoms with Gasteiger partial charge in [-0.05, 0) is 32.2 Å². The molecule has 0 radical (unpaired) electrons. The molecule has 2 N–H and O–H groups in total. The Labute approximate surface area is 67.7 Å². The van der Waals surface area contributed by atoms with E-state index in [1.807, 2.05) is 0 Å². The maximum atomic E-state index is 6.39. The second kappa shape index (κ2) is 1.50. The monoisotopic (exact) mass is 152 g/mol. The normalized spacial score (nSPS) is 61.1. The third kappa shape index (κ3) is 0.541. The van der Waals surface area contributed by atoms with Gasteiger partial charge in [-0.3, -0.25) is 0 Å². The molecule has 1 saturated heterocycles. The molecule has 2 aliphatic carbocycles. The maximum Gasteiger partial charge on any atom is 0.0355 e. The van der Waals surface area contributed by atoms with Crippen molar-refractivity contribution in [3.63, 3.8) is 0 Å². The van der Waals surface area contributed by atoms with E-state index in [1.54, 1.807) is 0 Å². The molecule has 1 spiro atoms. The number of likely N-dealkylation sites (tertiary alicyclic amines) is 1. The average molecular weight is 152 g/mol. The molecule has 0 amide bonds. The molecule has 0 unspecified atom stereocenters. The number of likely N-dealkylation sites (N-methyl/N-ethyl adjacent to an activating group) is 1. The Morgan fingerprint density at radius 2 is 2.27 bits per heavy atom. The van der Waals surface area contributed by atoms with Crippen molar-refractivity contribution in [2.45, 2.75) is 24.8 Å². The first kappa shape index (κ1) is 6.44. The first-order valence-electron chi connectivity index (χ1n) is 4.64. The summed E-state index contributed by atoms with van der Waals surface area (Å²) in [5, 5.41) is 0. The second-order valence-electron chi connectivity index (χ2n) is 4.92.